The molecule has 0 spiro atoms. The van der Waals surface area contributed by atoms with E-state index in [2.05, 4.69) is 13.8 Å². The van der Waals surface area contributed by atoms with Gasteiger partial charge in [-0.05, 0) is 48.2 Å². The second kappa shape index (κ2) is 6.93. The zero-order chi connectivity index (χ0) is 15.2. The number of aromatic nitrogens is 1. The number of nitrogens with zero attached hydrogens (tertiary/aromatic N) is 1. The fourth-order valence-electron chi connectivity index (χ4n) is 2.05. The van der Waals surface area contributed by atoms with Crippen LogP contribution in [0.2, 0.25) is 0 Å². The molecular weight excluding hydrogens is 262 g/mol. The van der Waals surface area contributed by atoms with Crippen LogP contribution in [0.25, 0.3) is 6.08 Å². The summed E-state index contributed by atoms with van der Waals surface area (Å²) < 4.78 is 7.22. The first kappa shape index (κ1) is 15.1. The van der Waals surface area contributed by atoms with Crippen LogP contribution in [0, 0.1) is 0 Å². The molecule has 1 aromatic heterocycles. The van der Waals surface area contributed by atoms with Crippen LogP contribution in [-0.4, -0.2) is 10.5 Å². The van der Waals surface area contributed by atoms with Gasteiger partial charge in [0.05, 0.1) is 0 Å². The Morgan fingerprint density at radius 2 is 2.00 bits per heavy atom. The van der Waals surface area contributed by atoms with E-state index in [4.69, 9.17) is 4.74 Å². The molecule has 1 aromatic carbocycles. The van der Waals surface area contributed by atoms with Crippen molar-refractivity contribution in [1.29, 1.82) is 0 Å². The molecule has 0 bridgehead atoms. The SMILES string of the molecule is CCC(C)c1ccc(OC(=O)/C=C/c2cccn2C)cc1. The second-order valence-electron chi connectivity index (χ2n) is 5.18. The number of esters is 1. The number of hydrogen-bond acceptors (Lipinski definition) is 2. The Hall–Kier alpha value is -2.29. The number of carbonyl (C=O) groups is 1. The summed E-state index contributed by atoms with van der Waals surface area (Å²) in [7, 11) is 1.93. The Bertz CT molecular complexity index is 623. The normalized spacial score (nSPS) is 12.5. The first-order valence-corrected chi connectivity index (χ1v) is 7.21. The Morgan fingerprint density at radius 1 is 1.29 bits per heavy atom. The third-order valence-corrected chi connectivity index (χ3v) is 3.65. The molecule has 1 heterocycles. The quantitative estimate of drug-likeness (QED) is 0.469. The van der Waals surface area contributed by atoms with E-state index in [1.54, 1.807) is 6.08 Å². The monoisotopic (exact) mass is 283 g/mol. The maximum Gasteiger partial charge on any atom is 0.336 e. The summed E-state index contributed by atoms with van der Waals surface area (Å²) in [5.74, 6) is 0.725. The average molecular weight is 283 g/mol. The number of benzene rings is 1. The van der Waals surface area contributed by atoms with Crippen LogP contribution in [0.3, 0.4) is 0 Å². The predicted molar refractivity (Wildman–Crippen MR) is 85.2 cm³/mol. The van der Waals surface area contributed by atoms with Crippen LogP contribution in [-0.2, 0) is 11.8 Å². The maximum atomic E-state index is 11.8. The van der Waals surface area contributed by atoms with Crippen LogP contribution in [0.15, 0.2) is 48.7 Å². The van der Waals surface area contributed by atoms with Crippen molar-refractivity contribution < 1.29 is 9.53 Å². The topological polar surface area (TPSA) is 31.2 Å². The number of aryl methyl sites for hydroxylation is 1. The Kier molecular flexibility index (Phi) is 4.99. The van der Waals surface area contributed by atoms with Gasteiger partial charge in [0, 0.05) is 25.0 Å². The molecule has 0 saturated carbocycles. The summed E-state index contributed by atoms with van der Waals surface area (Å²) in [6.07, 6.45) is 6.21. The molecule has 2 aromatic rings. The molecule has 3 heteroatoms. The van der Waals surface area contributed by atoms with Crippen LogP contribution in [0.4, 0.5) is 0 Å². The molecule has 21 heavy (non-hydrogen) atoms. The minimum atomic E-state index is -0.368. The third kappa shape index (κ3) is 4.09. The summed E-state index contributed by atoms with van der Waals surface area (Å²) in [5.41, 5.74) is 2.22. The van der Waals surface area contributed by atoms with Crippen molar-refractivity contribution in [3.05, 3.63) is 59.9 Å². The zero-order valence-corrected chi connectivity index (χ0v) is 12.7. The van der Waals surface area contributed by atoms with Crippen molar-refractivity contribution >= 4 is 12.0 Å². The van der Waals surface area contributed by atoms with Crippen molar-refractivity contribution in [3.8, 4) is 5.75 Å². The van der Waals surface area contributed by atoms with Crippen LogP contribution in [0.1, 0.15) is 37.4 Å². The maximum absolute atomic E-state index is 11.8. The highest BCUT2D eigenvalue weighted by Gasteiger charge is 2.05. The van der Waals surface area contributed by atoms with E-state index in [0.29, 0.717) is 11.7 Å². The van der Waals surface area contributed by atoms with Crippen LogP contribution in [0.5, 0.6) is 5.75 Å². The number of ether oxygens (including phenoxy) is 1. The van der Waals surface area contributed by atoms with Gasteiger partial charge >= 0.3 is 5.97 Å². The highest BCUT2D eigenvalue weighted by atomic mass is 16.5. The molecule has 0 amide bonds. The molecule has 0 aliphatic rings. The lowest BCUT2D eigenvalue weighted by atomic mass is 9.99. The van der Waals surface area contributed by atoms with Gasteiger partial charge in [0.15, 0.2) is 0 Å². The molecule has 2 rings (SSSR count). The summed E-state index contributed by atoms with van der Waals surface area (Å²) in [5, 5.41) is 0. The van der Waals surface area contributed by atoms with E-state index in [0.717, 1.165) is 12.1 Å². The average Bonchev–Trinajstić information content (AvgIpc) is 2.90. The minimum Gasteiger partial charge on any atom is -0.423 e. The fourth-order valence-corrected chi connectivity index (χ4v) is 2.05. The lowest BCUT2D eigenvalue weighted by Gasteiger charge is -2.09. The Labute approximate surface area is 125 Å². The smallest absolute Gasteiger partial charge is 0.336 e. The van der Waals surface area contributed by atoms with Gasteiger partial charge < -0.3 is 9.30 Å². The molecule has 1 unspecified atom stereocenters. The molecule has 0 saturated heterocycles. The molecule has 3 nitrogen and oxygen atoms in total. The summed E-state index contributed by atoms with van der Waals surface area (Å²) in [6, 6.07) is 11.6. The van der Waals surface area contributed by atoms with E-state index < -0.39 is 0 Å². The number of carbonyl (C=O) groups excluding carboxylic acids is 1. The molecule has 1 atom stereocenters. The van der Waals surface area contributed by atoms with Crippen LogP contribution >= 0.6 is 0 Å². The fraction of sp³-hybridized carbons (Fsp3) is 0.278. The predicted octanol–water partition coefficient (Wildman–Crippen LogP) is 4.16. The summed E-state index contributed by atoms with van der Waals surface area (Å²) >= 11 is 0. The van der Waals surface area contributed by atoms with Crippen molar-refractivity contribution in [2.75, 3.05) is 0 Å². The van der Waals surface area contributed by atoms with Crippen molar-refractivity contribution in [2.45, 2.75) is 26.2 Å². The van der Waals surface area contributed by atoms with Crippen molar-refractivity contribution in [2.24, 2.45) is 7.05 Å². The highest BCUT2D eigenvalue weighted by molar-refractivity contribution is 5.88. The lowest BCUT2D eigenvalue weighted by molar-refractivity contribution is -0.128. The molecule has 0 aliphatic carbocycles. The van der Waals surface area contributed by atoms with Gasteiger partial charge in [-0.15, -0.1) is 0 Å². The lowest BCUT2D eigenvalue weighted by Crippen LogP contribution is -2.04. The molecule has 0 aliphatic heterocycles. The van der Waals surface area contributed by atoms with E-state index >= 15 is 0 Å². The molecule has 0 fully saturated rings. The summed E-state index contributed by atoms with van der Waals surface area (Å²) in [6.45, 7) is 4.34. The zero-order valence-electron chi connectivity index (χ0n) is 12.7. The molecule has 110 valence electrons. The Balaban J connectivity index is 1.97. The first-order valence-electron chi connectivity index (χ1n) is 7.21. The van der Waals surface area contributed by atoms with Crippen LogP contribution < -0.4 is 4.74 Å². The van der Waals surface area contributed by atoms with E-state index in [1.165, 1.54) is 11.6 Å². The van der Waals surface area contributed by atoms with Gasteiger partial charge in [0.1, 0.15) is 5.75 Å². The largest absolute Gasteiger partial charge is 0.423 e. The van der Waals surface area contributed by atoms with Gasteiger partial charge in [0.2, 0.25) is 0 Å². The van der Waals surface area contributed by atoms with Crippen molar-refractivity contribution in [1.82, 2.24) is 4.57 Å². The van der Waals surface area contributed by atoms with Gasteiger partial charge in [-0.25, -0.2) is 4.79 Å². The van der Waals surface area contributed by atoms with Gasteiger partial charge in [0.25, 0.3) is 0 Å². The van der Waals surface area contributed by atoms with Gasteiger partial charge in [-0.3, -0.25) is 0 Å². The Morgan fingerprint density at radius 3 is 2.57 bits per heavy atom. The van der Waals surface area contributed by atoms with Crippen molar-refractivity contribution in [3.63, 3.8) is 0 Å². The molecule has 0 N–H and O–H groups in total. The minimum absolute atomic E-state index is 0.368. The van der Waals surface area contributed by atoms with E-state index in [9.17, 15) is 4.79 Å². The van der Waals surface area contributed by atoms with E-state index in [-0.39, 0.29) is 5.97 Å². The highest BCUT2D eigenvalue weighted by Crippen LogP contribution is 2.21. The molecule has 0 radical (unpaired) electrons. The number of hydrogen-bond donors (Lipinski definition) is 0. The van der Waals surface area contributed by atoms with Gasteiger partial charge in [-0.1, -0.05) is 26.0 Å². The summed E-state index contributed by atoms with van der Waals surface area (Å²) in [4.78, 5) is 11.8. The van der Waals surface area contributed by atoms with E-state index in [1.807, 2.05) is 54.2 Å². The first-order chi connectivity index (χ1) is 10.1. The molecular formula is C18H21NO2. The third-order valence-electron chi connectivity index (χ3n) is 3.65. The van der Waals surface area contributed by atoms with Gasteiger partial charge in [-0.2, -0.15) is 0 Å². The second-order valence-corrected chi connectivity index (χ2v) is 5.18. The number of rotatable bonds is 5. The standard InChI is InChI=1S/C18H21NO2/c1-4-14(2)15-7-10-17(11-8-15)21-18(20)12-9-16-6-5-13-19(16)3/h5-14H,4H2,1-3H3/b12-9+.